The summed E-state index contributed by atoms with van der Waals surface area (Å²) in [4.78, 5) is 12.8. The fourth-order valence-corrected chi connectivity index (χ4v) is 2.26. The Kier molecular flexibility index (Phi) is 4.01. The Hall–Kier alpha value is -2.14. The number of hydrogen-bond acceptors (Lipinski definition) is 4. The van der Waals surface area contributed by atoms with Crippen LogP contribution in [-0.4, -0.2) is 12.7 Å². The van der Waals surface area contributed by atoms with E-state index in [0.717, 1.165) is 27.5 Å². The van der Waals surface area contributed by atoms with E-state index in [1.165, 1.54) is 0 Å². The summed E-state index contributed by atoms with van der Waals surface area (Å²) in [7, 11) is 0. The minimum atomic E-state index is -0.0143. The maximum absolute atomic E-state index is 11.9. The molecule has 0 saturated carbocycles. The number of fused-ring (bicyclic) bond motifs is 1. The summed E-state index contributed by atoms with van der Waals surface area (Å²) in [5.74, 6) is 1.46. The number of rotatable bonds is 4. The third-order valence-corrected chi connectivity index (χ3v) is 3.53. The molecule has 0 unspecified atom stereocenters. The minimum absolute atomic E-state index is 0.0143. The largest absolute Gasteiger partial charge is 0.454 e. The molecule has 21 heavy (non-hydrogen) atoms. The number of carbonyl (C=O) groups excluding carboxylic acids is 1. The average Bonchev–Trinajstić information content (AvgIpc) is 2.95. The van der Waals surface area contributed by atoms with Gasteiger partial charge in [-0.1, -0.05) is 18.2 Å². The second-order valence-electron chi connectivity index (χ2n) is 4.81. The van der Waals surface area contributed by atoms with Crippen molar-refractivity contribution in [3.63, 3.8) is 0 Å². The molecule has 0 bridgehead atoms. The van der Waals surface area contributed by atoms with Gasteiger partial charge in [0.25, 0.3) is 0 Å². The van der Waals surface area contributed by atoms with Crippen LogP contribution in [-0.2, 0) is 17.8 Å². The molecule has 0 aliphatic carbocycles. The lowest BCUT2D eigenvalue weighted by molar-refractivity contribution is -0.120. The molecule has 2 aromatic carbocycles. The van der Waals surface area contributed by atoms with Crippen molar-refractivity contribution in [2.45, 2.75) is 17.9 Å². The monoisotopic (exact) mass is 301 g/mol. The van der Waals surface area contributed by atoms with Crippen molar-refractivity contribution in [3.05, 3.63) is 53.6 Å². The topological polar surface area (TPSA) is 47.6 Å². The highest BCUT2D eigenvalue weighted by molar-refractivity contribution is 7.80. The summed E-state index contributed by atoms with van der Waals surface area (Å²) in [5, 5.41) is 2.90. The Morgan fingerprint density at radius 1 is 1.05 bits per heavy atom. The van der Waals surface area contributed by atoms with Gasteiger partial charge in [0.05, 0.1) is 6.42 Å². The molecule has 0 atom stereocenters. The van der Waals surface area contributed by atoms with E-state index < -0.39 is 0 Å². The predicted molar refractivity (Wildman–Crippen MR) is 81.8 cm³/mol. The van der Waals surface area contributed by atoms with Crippen LogP contribution in [0.1, 0.15) is 11.1 Å². The Labute approximate surface area is 128 Å². The van der Waals surface area contributed by atoms with Crippen molar-refractivity contribution >= 4 is 18.5 Å². The number of amides is 1. The van der Waals surface area contributed by atoms with Gasteiger partial charge in [-0.3, -0.25) is 4.79 Å². The molecule has 5 heteroatoms. The van der Waals surface area contributed by atoms with Gasteiger partial charge in [0.15, 0.2) is 11.5 Å². The van der Waals surface area contributed by atoms with Crippen molar-refractivity contribution in [1.82, 2.24) is 5.32 Å². The number of hydrogen-bond donors (Lipinski definition) is 2. The molecule has 3 rings (SSSR count). The van der Waals surface area contributed by atoms with E-state index in [1.54, 1.807) is 0 Å². The highest BCUT2D eigenvalue weighted by atomic mass is 32.1. The van der Waals surface area contributed by atoms with Crippen LogP contribution < -0.4 is 14.8 Å². The Balaban J connectivity index is 1.55. The smallest absolute Gasteiger partial charge is 0.231 e. The Morgan fingerprint density at radius 2 is 1.76 bits per heavy atom. The summed E-state index contributed by atoms with van der Waals surface area (Å²) >= 11 is 4.22. The van der Waals surface area contributed by atoms with Crippen LogP contribution in [0.25, 0.3) is 0 Å². The molecule has 1 aliphatic rings. The summed E-state index contributed by atoms with van der Waals surface area (Å²) in [5.41, 5.74) is 1.95. The van der Waals surface area contributed by atoms with Crippen LogP contribution in [0.4, 0.5) is 0 Å². The van der Waals surface area contributed by atoms with Gasteiger partial charge in [0.1, 0.15) is 0 Å². The molecule has 4 nitrogen and oxygen atoms in total. The first-order valence-corrected chi connectivity index (χ1v) is 7.08. The Bertz CT molecular complexity index is 655. The lowest BCUT2D eigenvalue weighted by Crippen LogP contribution is -2.24. The zero-order valence-corrected chi connectivity index (χ0v) is 12.2. The van der Waals surface area contributed by atoms with E-state index >= 15 is 0 Å². The van der Waals surface area contributed by atoms with Crippen LogP contribution >= 0.6 is 12.6 Å². The van der Waals surface area contributed by atoms with Crippen LogP contribution in [0.2, 0.25) is 0 Å². The molecular weight excluding hydrogens is 286 g/mol. The van der Waals surface area contributed by atoms with E-state index in [4.69, 9.17) is 9.47 Å². The lowest BCUT2D eigenvalue weighted by Gasteiger charge is -2.06. The molecule has 0 saturated heterocycles. The van der Waals surface area contributed by atoms with Gasteiger partial charge in [0.2, 0.25) is 12.7 Å². The van der Waals surface area contributed by atoms with Crippen molar-refractivity contribution in [3.8, 4) is 11.5 Å². The van der Waals surface area contributed by atoms with Crippen molar-refractivity contribution in [2.24, 2.45) is 0 Å². The van der Waals surface area contributed by atoms with Gasteiger partial charge in [0, 0.05) is 11.4 Å². The van der Waals surface area contributed by atoms with Crippen LogP contribution in [0.5, 0.6) is 11.5 Å². The second kappa shape index (κ2) is 6.10. The van der Waals surface area contributed by atoms with Crippen LogP contribution in [0, 0.1) is 0 Å². The van der Waals surface area contributed by atoms with Gasteiger partial charge in [-0.15, -0.1) is 12.6 Å². The Morgan fingerprint density at radius 3 is 2.57 bits per heavy atom. The highest BCUT2D eigenvalue weighted by Crippen LogP contribution is 2.32. The van der Waals surface area contributed by atoms with Crippen molar-refractivity contribution < 1.29 is 14.3 Å². The van der Waals surface area contributed by atoms with Gasteiger partial charge < -0.3 is 14.8 Å². The van der Waals surface area contributed by atoms with Gasteiger partial charge in [-0.25, -0.2) is 0 Å². The zero-order valence-electron chi connectivity index (χ0n) is 11.3. The molecule has 0 fully saturated rings. The van der Waals surface area contributed by atoms with E-state index in [1.807, 2.05) is 42.5 Å². The molecular formula is C16H15NO3S. The first kappa shape index (κ1) is 13.8. The van der Waals surface area contributed by atoms with Gasteiger partial charge >= 0.3 is 0 Å². The van der Waals surface area contributed by atoms with E-state index in [-0.39, 0.29) is 12.7 Å². The highest BCUT2D eigenvalue weighted by Gasteiger charge is 2.13. The molecule has 108 valence electrons. The first-order chi connectivity index (χ1) is 10.2. The molecule has 1 amide bonds. The fraction of sp³-hybridized carbons (Fsp3) is 0.188. The quantitative estimate of drug-likeness (QED) is 0.853. The number of benzene rings is 2. The summed E-state index contributed by atoms with van der Waals surface area (Å²) < 4.78 is 10.6. The van der Waals surface area contributed by atoms with E-state index in [2.05, 4.69) is 17.9 Å². The summed E-state index contributed by atoms with van der Waals surface area (Å²) in [6, 6.07) is 13.2. The molecule has 0 spiro atoms. The van der Waals surface area contributed by atoms with Crippen LogP contribution in [0.15, 0.2) is 47.4 Å². The fourth-order valence-electron chi connectivity index (χ4n) is 2.11. The lowest BCUT2D eigenvalue weighted by atomic mass is 10.1. The molecule has 1 aliphatic heterocycles. The zero-order chi connectivity index (χ0) is 14.7. The normalized spacial score (nSPS) is 12.2. The average molecular weight is 301 g/mol. The van der Waals surface area contributed by atoms with Crippen molar-refractivity contribution in [1.29, 1.82) is 0 Å². The molecule has 1 N–H and O–H groups in total. The number of carbonyl (C=O) groups is 1. The standard InChI is InChI=1S/C16H15NO3S/c18-16(8-11-1-4-13(21)5-2-11)17-9-12-3-6-14-15(7-12)20-10-19-14/h1-7,21H,8-10H2,(H,17,18). The third kappa shape index (κ3) is 3.49. The molecule has 2 aromatic rings. The SMILES string of the molecule is O=C(Cc1ccc(S)cc1)NCc1ccc2c(c1)OCO2. The predicted octanol–water partition coefficient (Wildman–Crippen LogP) is 2.56. The number of ether oxygens (including phenoxy) is 2. The van der Waals surface area contributed by atoms with Crippen LogP contribution in [0.3, 0.4) is 0 Å². The van der Waals surface area contributed by atoms with Crippen molar-refractivity contribution in [2.75, 3.05) is 6.79 Å². The summed E-state index contributed by atoms with van der Waals surface area (Å²) in [6.07, 6.45) is 0.360. The third-order valence-electron chi connectivity index (χ3n) is 3.23. The molecule has 1 heterocycles. The second-order valence-corrected chi connectivity index (χ2v) is 5.32. The van der Waals surface area contributed by atoms with Gasteiger partial charge in [-0.05, 0) is 35.4 Å². The van der Waals surface area contributed by atoms with Gasteiger partial charge in [-0.2, -0.15) is 0 Å². The van der Waals surface area contributed by atoms with E-state index in [0.29, 0.717) is 13.0 Å². The maximum atomic E-state index is 11.9. The first-order valence-electron chi connectivity index (χ1n) is 6.64. The molecule has 0 radical (unpaired) electrons. The maximum Gasteiger partial charge on any atom is 0.231 e. The minimum Gasteiger partial charge on any atom is -0.454 e. The summed E-state index contributed by atoms with van der Waals surface area (Å²) in [6.45, 7) is 0.729. The molecule has 0 aromatic heterocycles. The number of nitrogens with one attached hydrogen (secondary N) is 1. The van der Waals surface area contributed by atoms with E-state index in [9.17, 15) is 4.79 Å². The number of thiol groups is 1.